The van der Waals surface area contributed by atoms with Crippen LogP contribution in [0.5, 0.6) is 0 Å². The van der Waals surface area contributed by atoms with Crippen molar-refractivity contribution in [2.75, 3.05) is 11.5 Å². The van der Waals surface area contributed by atoms with Gasteiger partial charge in [0.15, 0.2) is 5.78 Å². The molecular formula is C11H12BrNO3S2. The van der Waals surface area contributed by atoms with E-state index in [4.69, 9.17) is 0 Å². The topological polar surface area (TPSA) is 63.2 Å². The number of rotatable bonds is 6. The van der Waals surface area contributed by atoms with Crippen molar-refractivity contribution in [1.82, 2.24) is 5.32 Å². The van der Waals surface area contributed by atoms with E-state index in [9.17, 15) is 13.8 Å². The number of halogens is 1. The van der Waals surface area contributed by atoms with Crippen molar-refractivity contribution >= 4 is 49.8 Å². The number of thiophene rings is 1. The van der Waals surface area contributed by atoms with Gasteiger partial charge < -0.3 is 5.32 Å². The number of Topliss-reactive ketones (excluding diaryl/α,β-unsaturated/α-hetero) is 1. The van der Waals surface area contributed by atoms with Crippen LogP contribution in [0.2, 0.25) is 0 Å². The molecule has 0 radical (unpaired) electrons. The second-order valence-electron chi connectivity index (χ2n) is 4.09. The van der Waals surface area contributed by atoms with Crippen LogP contribution in [-0.2, 0) is 15.6 Å². The highest BCUT2D eigenvalue weighted by Gasteiger charge is 2.24. The molecule has 2 rings (SSSR count). The molecule has 1 heterocycles. The first-order valence-corrected chi connectivity index (χ1v) is 8.63. The zero-order valence-corrected chi connectivity index (χ0v) is 12.7. The van der Waals surface area contributed by atoms with Crippen LogP contribution in [0.15, 0.2) is 15.9 Å². The second kappa shape index (κ2) is 6.08. The van der Waals surface area contributed by atoms with Crippen molar-refractivity contribution in [1.29, 1.82) is 0 Å². The van der Waals surface area contributed by atoms with E-state index in [-0.39, 0.29) is 29.2 Å². The summed E-state index contributed by atoms with van der Waals surface area (Å²) in [6.45, 7) is 0. The fourth-order valence-corrected chi connectivity index (χ4v) is 3.94. The molecule has 1 N–H and O–H groups in total. The van der Waals surface area contributed by atoms with Crippen molar-refractivity contribution < 1.29 is 13.8 Å². The molecule has 1 fully saturated rings. The summed E-state index contributed by atoms with van der Waals surface area (Å²) in [5.74, 6) is -0.606. The minimum Gasteiger partial charge on any atom is -0.353 e. The van der Waals surface area contributed by atoms with E-state index in [1.807, 2.05) is 0 Å². The molecule has 0 aromatic carbocycles. The molecule has 1 aromatic rings. The Kier molecular flexibility index (Phi) is 4.69. The molecule has 1 saturated carbocycles. The number of hydrogen-bond acceptors (Lipinski definition) is 4. The first kappa shape index (κ1) is 13.9. The Morgan fingerprint density at radius 3 is 2.72 bits per heavy atom. The third-order valence-corrected chi connectivity index (χ3v) is 5.44. The van der Waals surface area contributed by atoms with Gasteiger partial charge in [0.05, 0.1) is 10.6 Å². The van der Waals surface area contributed by atoms with Crippen LogP contribution in [0, 0.1) is 0 Å². The Balaban J connectivity index is 1.81. The normalized spacial score (nSPS) is 16.3. The zero-order chi connectivity index (χ0) is 13.1. The second-order valence-corrected chi connectivity index (χ2v) is 7.32. The van der Waals surface area contributed by atoms with E-state index in [1.54, 1.807) is 11.4 Å². The largest absolute Gasteiger partial charge is 0.353 e. The fraction of sp³-hybridized carbons (Fsp3) is 0.455. The van der Waals surface area contributed by atoms with E-state index >= 15 is 0 Å². The van der Waals surface area contributed by atoms with E-state index in [1.165, 1.54) is 11.3 Å². The van der Waals surface area contributed by atoms with Gasteiger partial charge in [-0.25, -0.2) is 0 Å². The minimum absolute atomic E-state index is 0.0920. The predicted octanol–water partition coefficient (Wildman–Crippen LogP) is 1.72. The van der Waals surface area contributed by atoms with Crippen LogP contribution in [0.1, 0.15) is 22.5 Å². The maximum absolute atomic E-state index is 11.8. The summed E-state index contributed by atoms with van der Waals surface area (Å²) < 4.78 is 12.4. The lowest BCUT2D eigenvalue weighted by molar-refractivity contribution is -0.118. The summed E-state index contributed by atoms with van der Waals surface area (Å²) in [4.78, 5) is 23.8. The number of carbonyl (C=O) groups excluding carboxylic acids is 2. The Bertz CT molecular complexity index is 496. The third kappa shape index (κ3) is 4.00. The van der Waals surface area contributed by atoms with Crippen molar-refractivity contribution in [2.45, 2.75) is 18.9 Å². The Hall–Kier alpha value is -0.530. The van der Waals surface area contributed by atoms with E-state index in [0.29, 0.717) is 4.88 Å². The van der Waals surface area contributed by atoms with Crippen molar-refractivity contribution in [2.24, 2.45) is 0 Å². The van der Waals surface area contributed by atoms with Crippen LogP contribution >= 0.6 is 27.3 Å². The van der Waals surface area contributed by atoms with Gasteiger partial charge in [0, 0.05) is 21.3 Å². The van der Waals surface area contributed by atoms with Crippen LogP contribution in [0.3, 0.4) is 0 Å². The molecule has 0 spiro atoms. The van der Waals surface area contributed by atoms with Gasteiger partial charge in [-0.05, 0) is 40.2 Å². The molecule has 1 atom stereocenters. The number of ketones is 1. The molecule has 18 heavy (non-hydrogen) atoms. The van der Waals surface area contributed by atoms with Crippen LogP contribution < -0.4 is 5.32 Å². The smallest absolute Gasteiger partial charge is 0.232 e. The van der Waals surface area contributed by atoms with Gasteiger partial charge in [0.25, 0.3) is 0 Å². The maximum Gasteiger partial charge on any atom is 0.232 e. The number of carbonyl (C=O) groups is 2. The van der Waals surface area contributed by atoms with Gasteiger partial charge in [-0.3, -0.25) is 13.8 Å². The molecule has 1 aliphatic carbocycles. The van der Waals surface area contributed by atoms with Crippen LogP contribution in [0.25, 0.3) is 0 Å². The van der Waals surface area contributed by atoms with Gasteiger partial charge in [-0.2, -0.15) is 0 Å². The maximum atomic E-state index is 11.8. The lowest BCUT2D eigenvalue weighted by atomic mass is 10.3. The summed E-state index contributed by atoms with van der Waals surface area (Å²) in [6.07, 6.45) is 2.00. The van der Waals surface area contributed by atoms with Crippen molar-refractivity contribution in [3.63, 3.8) is 0 Å². The first-order valence-electron chi connectivity index (χ1n) is 5.47. The average Bonchev–Trinajstić information content (AvgIpc) is 2.97. The number of hydrogen-bond donors (Lipinski definition) is 1. The number of amides is 1. The van der Waals surface area contributed by atoms with Gasteiger partial charge in [0.2, 0.25) is 5.91 Å². The molecule has 7 heteroatoms. The Labute approximate surface area is 120 Å². The Morgan fingerprint density at radius 2 is 2.17 bits per heavy atom. The van der Waals surface area contributed by atoms with Gasteiger partial charge >= 0.3 is 0 Å². The average molecular weight is 350 g/mol. The van der Waals surface area contributed by atoms with E-state index in [0.717, 1.165) is 17.3 Å². The molecule has 0 aliphatic heterocycles. The molecule has 1 aliphatic rings. The summed E-state index contributed by atoms with van der Waals surface area (Å²) in [5.41, 5.74) is 0. The standard InChI is InChI=1S/C11H12BrNO3S2/c12-8-3-4-17-11(8)9(14)5-18(16)6-10(15)13-7-1-2-7/h3-4,7H,1-2,5-6H2,(H,13,15). The molecule has 0 bridgehead atoms. The first-order chi connectivity index (χ1) is 8.56. The quantitative estimate of drug-likeness (QED) is 0.795. The lowest BCUT2D eigenvalue weighted by Gasteiger charge is -2.03. The number of nitrogens with one attached hydrogen (secondary N) is 1. The molecule has 1 amide bonds. The Morgan fingerprint density at radius 1 is 1.44 bits per heavy atom. The minimum atomic E-state index is -1.44. The molecule has 98 valence electrons. The SMILES string of the molecule is O=C(CS(=O)CC(=O)c1sccc1Br)NC1CC1. The summed E-state index contributed by atoms with van der Waals surface area (Å²) in [6, 6.07) is 2.04. The fourth-order valence-electron chi connectivity index (χ4n) is 1.40. The van der Waals surface area contributed by atoms with E-state index < -0.39 is 10.8 Å². The highest BCUT2D eigenvalue weighted by atomic mass is 79.9. The molecule has 4 nitrogen and oxygen atoms in total. The molecule has 1 aromatic heterocycles. The predicted molar refractivity (Wildman–Crippen MR) is 75.4 cm³/mol. The van der Waals surface area contributed by atoms with Gasteiger partial charge in [-0.15, -0.1) is 11.3 Å². The van der Waals surface area contributed by atoms with E-state index in [2.05, 4.69) is 21.2 Å². The summed E-state index contributed by atoms with van der Waals surface area (Å²) >= 11 is 4.57. The summed E-state index contributed by atoms with van der Waals surface area (Å²) in [5, 5.41) is 4.55. The highest BCUT2D eigenvalue weighted by molar-refractivity contribution is 9.10. The van der Waals surface area contributed by atoms with Crippen molar-refractivity contribution in [3.8, 4) is 0 Å². The highest BCUT2D eigenvalue weighted by Crippen LogP contribution is 2.23. The summed E-state index contributed by atoms with van der Waals surface area (Å²) in [7, 11) is -1.44. The third-order valence-electron chi connectivity index (χ3n) is 2.40. The van der Waals surface area contributed by atoms with Crippen molar-refractivity contribution in [3.05, 3.63) is 20.8 Å². The van der Waals surface area contributed by atoms with Gasteiger partial charge in [0.1, 0.15) is 5.75 Å². The van der Waals surface area contributed by atoms with Gasteiger partial charge in [-0.1, -0.05) is 0 Å². The monoisotopic (exact) mass is 349 g/mol. The molecule has 0 saturated heterocycles. The molecular weight excluding hydrogens is 338 g/mol. The lowest BCUT2D eigenvalue weighted by Crippen LogP contribution is -2.31. The molecule has 1 unspecified atom stereocenters. The zero-order valence-electron chi connectivity index (χ0n) is 9.48. The van der Waals surface area contributed by atoms with Crippen LogP contribution in [-0.4, -0.2) is 33.4 Å². The van der Waals surface area contributed by atoms with Crippen LogP contribution in [0.4, 0.5) is 0 Å².